The first-order valence-electron chi connectivity index (χ1n) is 16.2. The van der Waals surface area contributed by atoms with Crippen LogP contribution in [0, 0.1) is 0 Å². The maximum atomic E-state index is 14.4. The monoisotopic (exact) mass is 661 g/mol. The van der Waals surface area contributed by atoms with Gasteiger partial charge in [0.25, 0.3) is 0 Å². The number of nitrogens with zero attached hydrogens (tertiary/aromatic N) is 3. The maximum Gasteiger partial charge on any atom is 0.459 e. The van der Waals surface area contributed by atoms with Crippen molar-refractivity contribution in [2.75, 3.05) is 18.9 Å². The molecule has 47 heavy (non-hydrogen) atoms. The number of imidazole rings is 1. The molecule has 0 amide bonds. The van der Waals surface area contributed by atoms with Crippen molar-refractivity contribution in [2.45, 2.75) is 78.7 Å². The number of aromatic nitrogens is 3. The van der Waals surface area contributed by atoms with Crippen LogP contribution in [0.3, 0.4) is 0 Å². The molecular weight excluding hydrogens is 617 g/mol. The highest BCUT2D eigenvalue weighted by Crippen LogP contribution is 2.46. The van der Waals surface area contributed by atoms with E-state index in [0.717, 1.165) is 45.9 Å². The van der Waals surface area contributed by atoms with Gasteiger partial charge in [0.1, 0.15) is 29.7 Å². The summed E-state index contributed by atoms with van der Waals surface area (Å²) in [5, 5.41) is 5.67. The normalized spacial score (nSPS) is 14.4. The molecular formula is C35H44N5O6P. The molecule has 0 saturated carbocycles. The summed E-state index contributed by atoms with van der Waals surface area (Å²) in [6, 6.07) is 20.0. The molecule has 0 aliphatic heterocycles. The van der Waals surface area contributed by atoms with Crippen LogP contribution in [-0.4, -0.2) is 45.9 Å². The SMILES string of the molecule is CCC[C@H](CCO[P@](=O)(N[C@@H](C)C(=O)OC(C)C)Oc1ccc2ccccc2c1)n1c(COCC)nc2c(N)nc3ccccc3c21. The fraction of sp³-hybridized carbons (Fsp3) is 0.400. The summed E-state index contributed by atoms with van der Waals surface area (Å²) < 4.78 is 39.8. The summed E-state index contributed by atoms with van der Waals surface area (Å²) in [4.78, 5) is 22.2. The smallest absolute Gasteiger partial charge is 0.459 e. The van der Waals surface area contributed by atoms with Gasteiger partial charge < -0.3 is 24.3 Å². The van der Waals surface area contributed by atoms with Crippen LogP contribution in [0.25, 0.3) is 32.7 Å². The third-order valence-corrected chi connectivity index (χ3v) is 9.44. The Hall–Kier alpha value is -4.02. The highest BCUT2D eigenvalue weighted by molar-refractivity contribution is 7.52. The molecule has 0 aliphatic rings. The van der Waals surface area contributed by atoms with E-state index in [2.05, 4.69) is 21.6 Å². The van der Waals surface area contributed by atoms with Crippen LogP contribution in [0.2, 0.25) is 0 Å². The number of para-hydroxylation sites is 1. The minimum absolute atomic E-state index is 0.0563. The molecule has 0 radical (unpaired) electrons. The number of hydrogen-bond donors (Lipinski definition) is 2. The molecule has 0 saturated heterocycles. The zero-order valence-corrected chi connectivity index (χ0v) is 28.5. The highest BCUT2D eigenvalue weighted by Gasteiger charge is 2.33. The number of fused-ring (bicyclic) bond motifs is 4. The summed E-state index contributed by atoms with van der Waals surface area (Å²) in [5.41, 5.74) is 8.68. The number of carbonyl (C=O) groups excluding carboxylic acids is 1. The van der Waals surface area contributed by atoms with Gasteiger partial charge in [0.2, 0.25) is 0 Å². The summed E-state index contributed by atoms with van der Waals surface area (Å²) in [7, 11) is -4.08. The molecule has 3 aromatic carbocycles. The van der Waals surface area contributed by atoms with Crippen LogP contribution in [-0.2, 0) is 30.0 Å². The largest absolute Gasteiger partial charge is 0.462 e. The van der Waals surface area contributed by atoms with Gasteiger partial charge in [-0.15, -0.1) is 0 Å². The van der Waals surface area contributed by atoms with Gasteiger partial charge in [-0.1, -0.05) is 61.9 Å². The lowest BCUT2D eigenvalue weighted by Gasteiger charge is -2.26. The third kappa shape index (κ3) is 8.11. The zero-order valence-electron chi connectivity index (χ0n) is 27.6. The second kappa shape index (κ2) is 15.3. The van der Waals surface area contributed by atoms with Gasteiger partial charge in [0.15, 0.2) is 5.82 Å². The number of hydrogen-bond acceptors (Lipinski definition) is 9. The van der Waals surface area contributed by atoms with E-state index in [1.54, 1.807) is 32.9 Å². The Morgan fingerprint density at radius 3 is 2.47 bits per heavy atom. The van der Waals surface area contributed by atoms with Gasteiger partial charge in [-0.25, -0.2) is 14.5 Å². The van der Waals surface area contributed by atoms with Gasteiger partial charge in [-0.05, 0) is 69.5 Å². The number of anilines is 1. The predicted octanol–water partition coefficient (Wildman–Crippen LogP) is 7.72. The summed E-state index contributed by atoms with van der Waals surface area (Å²) in [6.45, 7) is 10.0. The van der Waals surface area contributed by atoms with Gasteiger partial charge in [-0.2, -0.15) is 5.09 Å². The molecule has 0 unspecified atom stereocenters. The quantitative estimate of drug-likeness (QED) is 0.0798. The summed E-state index contributed by atoms with van der Waals surface area (Å²) >= 11 is 0. The van der Waals surface area contributed by atoms with Crippen molar-refractivity contribution < 1.29 is 27.9 Å². The predicted molar refractivity (Wildman–Crippen MR) is 185 cm³/mol. The first-order chi connectivity index (χ1) is 22.6. The van der Waals surface area contributed by atoms with Crippen LogP contribution in [0.5, 0.6) is 5.75 Å². The number of ether oxygens (including phenoxy) is 2. The Bertz CT molecular complexity index is 1890. The number of carbonyl (C=O) groups is 1. The van der Waals surface area contributed by atoms with E-state index in [9.17, 15) is 9.36 Å². The van der Waals surface area contributed by atoms with Crippen LogP contribution in [0.4, 0.5) is 5.82 Å². The fourth-order valence-electron chi connectivity index (χ4n) is 5.68. The van der Waals surface area contributed by atoms with E-state index < -0.39 is 19.8 Å². The molecule has 0 aliphatic carbocycles. The van der Waals surface area contributed by atoms with E-state index in [4.69, 9.17) is 29.2 Å². The molecule has 11 nitrogen and oxygen atoms in total. The second-order valence-electron chi connectivity index (χ2n) is 11.7. The third-order valence-electron chi connectivity index (χ3n) is 7.77. The number of nitrogen functional groups attached to an aromatic ring is 1. The number of esters is 1. The number of nitrogens with one attached hydrogen (secondary N) is 1. The number of pyridine rings is 1. The van der Waals surface area contributed by atoms with Gasteiger partial charge in [0.05, 0.1) is 23.7 Å². The lowest BCUT2D eigenvalue weighted by Crippen LogP contribution is -2.36. The average molecular weight is 662 g/mol. The Morgan fingerprint density at radius 1 is 0.979 bits per heavy atom. The molecule has 5 aromatic rings. The van der Waals surface area contributed by atoms with Crippen molar-refractivity contribution >= 4 is 52.2 Å². The Kier molecular flexibility index (Phi) is 11.1. The molecule has 2 heterocycles. The zero-order chi connectivity index (χ0) is 33.6. The Morgan fingerprint density at radius 2 is 1.72 bits per heavy atom. The van der Waals surface area contributed by atoms with E-state index in [-0.39, 0.29) is 18.8 Å². The van der Waals surface area contributed by atoms with Crippen molar-refractivity contribution in [3.8, 4) is 5.75 Å². The Balaban J connectivity index is 1.46. The summed E-state index contributed by atoms with van der Waals surface area (Å²) in [6.07, 6.45) is 1.79. The van der Waals surface area contributed by atoms with Crippen molar-refractivity contribution in [3.05, 3.63) is 72.6 Å². The fourth-order valence-corrected chi connectivity index (χ4v) is 7.18. The lowest BCUT2D eigenvalue weighted by molar-refractivity contribution is -0.149. The first kappa shape index (κ1) is 34.3. The molecule has 0 bridgehead atoms. The van der Waals surface area contributed by atoms with Crippen LogP contribution in [0.15, 0.2) is 66.7 Å². The first-order valence-corrected chi connectivity index (χ1v) is 17.7. The van der Waals surface area contributed by atoms with Crippen LogP contribution in [0.1, 0.15) is 65.7 Å². The van der Waals surface area contributed by atoms with Gasteiger partial charge in [-0.3, -0.25) is 9.32 Å². The van der Waals surface area contributed by atoms with Crippen LogP contribution < -0.4 is 15.3 Å². The van der Waals surface area contributed by atoms with Crippen molar-refractivity contribution in [1.82, 2.24) is 19.6 Å². The van der Waals surface area contributed by atoms with Gasteiger partial charge >= 0.3 is 13.7 Å². The minimum atomic E-state index is -4.08. The van der Waals surface area contributed by atoms with Crippen LogP contribution >= 0.6 is 7.75 Å². The number of rotatable bonds is 16. The number of benzene rings is 3. The minimum Gasteiger partial charge on any atom is -0.462 e. The molecule has 250 valence electrons. The Labute approximate surface area is 275 Å². The molecule has 3 atom stereocenters. The number of nitrogens with two attached hydrogens (primary N) is 1. The average Bonchev–Trinajstić information content (AvgIpc) is 3.43. The highest BCUT2D eigenvalue weighted by atomic mass is 31.2. The molecule has 2 aromatic heterocycles. The molecule has 0 fully saturated rings. The van der Waals surface area contributed by atoms with E-state index >= 15 is 0 Å². The van der Waals surface area contributed by atoms with E-state index in [1.807, 2.05) is 61.5 Å². The molecule has 12 heteroatoms. The molecule has 5 rings (SSSR count). The van der Waals surface area contributed by atoms with Gasteiger partial charge in [0, 0.05) is 18.0 Å². The standard InChI is InChI=1S/C35H44N5O6P/c1-6-12-27(40-31(22-43-7-2)38-32-33(40)29-15-10-11-16-30(29)37-34(32)36)19-20-44-47(42,39-24(5)35(41)45-23(3)4)46-28-18-17-25-13-8-9-14-26(25)21-28/h8-11,13-18,21,23-24,27H,6-7,12,19-20,22H2,1-5H3,(H2,36,37)(H,39,42)/t24-,27+,47+/m0/s1. The lowest BCUT2D eigenvalue weighted by atomic mass is 10.1. The molecule has 0 spiro atoms. The maximum absolute atomic E-state index is 14.4. The molecule has 3 N–H and O–H groups in total. The van der Waals surface area contributed by atoms with Crippen molar-refractivity contribution in [3.63, 3.8) is 0 Å². The summed E-state index contributed by atoms with van der Waals surface area (Å²) in [5.74, 6) is 0.867. The van der Waals surface area contributed by atoms with Crippen molar-refractivity contribution in [1.29, 1.82) is 0 Å². The van der Waals surface area contributed by atoms with E-state index in [1.165, 1.54) is 0 Å². The van der Waals surface area contributed by atoms with Crippen molar-refractivity contribution in [2.24, 2.45) is 0 Å². The van der Waals surface area contributed by atoms with E-state index in [0.29, 0.717) is 36.7 Å². The second-order valence-corrected chi connectivity index (χ2v) is 13.4. The topological polar surface area (TPSA) is 140 Å².